The average molecular weight is 243 g/mol. The minimum absolute atomic E-state index is 0.258. The number of aliphatic hydroxyl groups is 1. The second-order valence-corrected chi connectivity index (χ2v) is 5.80. The Labute approximate surface area is 104 Å². The van der Waals surface area contributed by atoms with Crippen molar-refractivity contribution in [2.45, 2.75) is 49.9 Å². The molecule has 0 saturated heterocycles. The first-order valence-electron chi connectivity index (χ1n) is 6.23. The van der Waals surface area contributed by atoms with E-state index in [0.717, 1.165) is 12.3 Å². The molecular weight excluding hydrogens is 218 g/mol. The Kier molecular flexibility index (Phi) is 6.47. The van der Waals surface area contributed by atoms with Crippen LogP contribution in [0, 0.1) is 5.92 Å². The van der Waals surface area contributed by atoms with Gasteiger partial charge in [-0.1, -0.05) is 6.08 Å². The van der Waals surface area contributed by atoms with E-state index in [1.165, 1.54) is 19.3 Å². The Morgan fingerprint density at radius 2 is 2.25 bits per heavy atom. The zero-order valence-corrected chi connectivity index (χ0v) is 11.3. The summed E-state index contributed by atoms with van der Waals surface area (Å²) in [7, 11) is 0. The molecule has 0 bridgehead atoms. The Balaban J connectivity index is 2.37. The van der Waals surface area contributed by atoms with Crippen molar-refractivity contribution in [1.29, 1.82) is 0 Å². The monoisotopic (exact) mass is 243 g/mol. The van der Waals surface area contributed by atoms with Gasteiger partial charge in [0.1, 0.15) is 0 Å². The summed E-state index contributed by atoms with van der Waals surface area (Å²) in [6, 6.07) is 1.00. The summed E-state index contributed by atoms with van der Waals surface area (Å²) < 4.78 is 0. The van der Waals surface area contributed by atoms with E-state index >= 15 is 0 Å². The number of nitrogens with one attached hydrogen (secondary N) is 1. The van der Waals surface area contributed by atoms with Crippen molar-refractivity contribution >= 4 is 11.8 Å². The number of hydrogen-bond donors (Lipinski definition) is 2. The molecule has 16 heavy (non-hydrogen) atoms. The molecule has 0 aliphatic heterocycles. The Morgan fingerprint density at radius 1 is 1.56 bits per heavy atom. The van der Waals surface area contributed by atoms with Crippen LogP contribution in [0.1, 0.15) is 32.6 Å². The fraction of sp³-hybridized carbons (Fsp3) is 0.846. The highest BCUT2D eigenvalue weighted by molar-refractivity contribution is 7.99. The van der Waals surface area contributed by atoms with Gasteiger partial charge in [-0.05, 0) is 44.8 Å². The molecule has 2 N–H and O–H groups in total. The summed E-state index contributed by atoms with van der Waals surface area (Å²) in [5.41, 5.74) is 0. The fourth-order valence-electron chi connectivity index (χ4n) is 2.13. The van der Waals surface area contributed by atoms with E-state index < -0.39 is 0 Å². The molecule has 0 aromatic rings. The maximum Gasteiger partial charge on any atom is 0.0564 e. The van der Waals surface area contributed by atoms with Crippen LogP contribution < -0.4 is 5.32 Å². The van der Waals surface area contributed by atoms with Crippen molar-refractivity contribution in [3.63, 3.8) is 0 Å². The zero-order valence-electron chi connectivity index (χ0n) is 10.5. The third kappa shape index (κ3) is 4.48. The van der Waals surface area contributed by atoms with E-state index in [4.69, 9.17) is 0 Å². The Morgan fingerprint density at radius 3 is 2.69 bits per heavy atom. The molecule has 3 atom stereocenters. The van der Waals surface area contributed by atoms with Crippen molar-refractivity contribution in [3.8, 4) is 0 Å². The molecule has 94 valence electrons. The molecule has 0 heterocycles. The maximum absolute atomic E-state index is 9.26. The predicted octanol–water partition coefficient (Wildman–Crippen LogP) is 2.43. The highest BCUT2D eigenvalue weighted by Crippen LogP contribution is 2.35. The van der Waals surface area contributed by atoms with Gasteiger partial charge in [0, 0.05) is 17.3 Å². The van der Waals surface area contributed by atoms with Crippen molar-refractivity contribution in [2.75, 3.05) is 12.9 Å². The first kappa shape index (κ1) is 14.1. The lowest BCUT2D eigenvalue weighted by molar-refractivity contribution is 0.265. The van der Waals surface area contributed by atoms with Crippen molar-refractivity contribution in [1.82, 2.24) is 5.32 Å². The van der Waals surface area contributed by atoms with Crippen molar-refractivity contribution in [3.05, 3.63) is 12.7 Å². The van der Waals surface area contributed by atoms with E-state index in [9.17, 15) is 5.11 Å². The van der Waals surface area contributed by atoms with Gasteiger partial charge in [0.15, 0.2) is 0 Å². The van der Waals surface area contributed by atoms with Crippen LogP contribution in [0.2, 0.25) is 0 Å². The third-order valence-corrected chi connectivity index (χ3v) is 4.55. The van der Waals surface area contributed by atoms with Crippen LogP contribution in [0.3, 0.4) is 0 Å². The van der Waals surface area contributed by atoms with Crippen molar-refractivity contribution in [2.24, 2.45) is 5.92 Å². The lowest BCUT2D eigenvalue weighted by Gasteiger charge is -2.27. The molecule has 3 heteroatoms. The summed E-state index contributed by atoms with van der Waals surface area (Å²) in [6.07, 6.45) is 9.07. The van der Waals surface area contributed by atoms with Crippen LogP contribution in [0.5, 0.6) is 0 Å². The molecule has 1 rings (SSSR count). The standard InChI is InChI=1S/C13H25NOS/c1-4-5-6-12(11-7-8-11)14-10(2)13(9-15)16-3/h4,10-15H,1,5-9H2,2-3H3. The summed E-state index contributed by atoms with van der Waals surface area (Å²) in [6.45, 7) is 6.23. The fourth-order valence-corrected chi connectivity index (χ4v) is 2.77. The largest absolute Gasteiger partial charge is 0.395 e. The van der Waals surface area contributed by atoms with Gasteiger partial charge < -0.3 is 10.4 Å². The average Bonchev–Trinajstić information content (AvgIpc) is 3.09. The summed E-state index contributed by atoms with van der Waals surface area (Å²) >= 11 is 1.74. The van der Waals surface area contributed by atoms with Gasteiger partial charge in [-0.25, -0.2) is 0 Å². The van der Waals surface area contributed by atoms with Crippen LogP contribution >= 0.6 is 11.8 Å². The topological polar surface area (TPSA) is 32.3 Å². The Bertz CT molecular complexity index is 202. The van der Waals surface area contributed by atoms with Crippen molar-refractivity contribution < 1.29 is 5.11 Å². The quantitative estimate of drug-likeness (QED) is 0.610. The second kappa shape index (κ2) is 7.36. The molecular formula is C13H25NOS. The van der Waals surface area contributed by atoms with Gasteiger partial charge in [-0.15, -0.1) is 6.58 Å². The molecule has 0 amide bonds. The summed E-state index contributed by atoms with van der Waals surface area (Å²) in [5, 5.41) is 13.3. The molecule has 1 fully saturated rings. The van der Waals surface area contributed by atoms with E-state index in [0.29, 0.717) is 17.3 Å². The number of hydrogen-bond acceptors (Lipinski definition) is 3. The summed E-state index contributed by atoms with van der Waals surface area (Å²) in [4.78, 5) is 0. The SMILES string of the molecule is C=CCCC(NC(C)C(CO)SC)C1CC1. The van der Waals surface area contributed by atoms with Crippen LogP contribution in [0.4, 0.5) is 0 Å². The highest BCUT2D eigenvalue weighted by Gasteiger charge is 2.32. The number of rotatable bonds is 9. The van der Waals surface area contributed by atoms with E-state index in [-0.39, 0.29) is 6.61 Å². The molecule has 1 saturated carbocycles. The first-order chi connectivity index (χ1) is 7.72. The van der Waals surface area contributed by atoms with E-state index in [1.807, 2.05) is 6.08 Å². The van der Waals surface area contributed by atoms with Crippen LogP contribution in [-0.2, 0) is 0 Å². The van der Waals surface area contributed by atoms with Crippen LogP contribution in [0.25, 0.3) is 0 Å². The normalized spacial score (nSPS) is 21.4. The number of thioether (sulfide) groups is 1. The molecule has 0 spiro atoms. The minimum Gasteiger partial charge on any atom is -0.395 e. The van der Waals surface area contributed by atoms with Crippen LogP contribution in [0.15, 0.2) is 12.7 Å². The molecule has 1 aliphatic carbocycles. The number of allylic oxidation sites excluding steroid dienone is 1. The molecule has 0 aromatic heterocycles. The molecule has 1 aliphatic rings. The van der Waals surface area contributed by atoms with Crippen LogP contribution in [-0.4, -0.2) is 35.3 Å². The second-order valence-electron chi connectivity index (χ2n) is 4.72. The molecule has 0 aromatic carbocycles. The zero-order chi connectivity index (χ0) is 12.0. The summed E-state index contributed by atoms with van der Waals surface area (Å²) in [5.74, 6) is 0.864. The predicted molar refractivity (Wildman–Crippen MR) is 72.9 cm³/mol. The minimum atomic E-state index is 0.258. The van der Waals surface area contributed by atoms with Gasteiger partial charge >= 0.3 is 0 Å². The van der Waals surface area contributed by atoms with E-state index in [1.54, 1.807) is 11.8 Å². The first-order valence-corrected chi connectivity index (χ1v) is 7.52. The van der Waals surface area contributed by atoms with Gasteiger partial charge in [0.25, 0.3) is 0 Å². The lowest BCUT2D eigenvalue weighted by atomic mass is 10.0. The lowest BCUT2D eigenvalue weighted by Crippen LogP contribution is -2.44. The van der Waals surface area contributed by atoms with Gasteiger partial charge in [0.05, 0.1) is 6.61 Å². The van der Waals surface area contributed by atoms with Gasteiger partial charge in [-0.2, -0.15) is 11.8 Å². The van der Waals surface area contributed by atoms with Gasteiger partial charge in [0.2, 0.25) is 0 Å². The van der Waals surface area contributed by atoms with Gasteiger partial charge in [-0.3, -0.25) is 0 Å². The highest BCUT2D eigenvalue weighted by atomic mass is 32.2. The third-order valence-electron chi connectivity index (χ3n) is 3.39. The smallest absolute Gasteiger partial charge is 0.0564 e. The molecule has 2 nitrogen and oxygen atoms in total. The Hall–Kier alpha value is 0.0100. The molecule has 0 radical (unpaired) electrons. The maximum atomic E-state index is 9.26. The van der Waals surface area contributed by atoms with E-state index in [2.05, 4.69) is 25.1 Å². The number of aliphatic hydroxyl groups excluding tert-OH is 1. The molecule has 3 unspecified atom stereocenters.